The Bertz CT molecular complexity index is 319. The number of hydrogen-bond donors (Lipinski definition) is 0. The van der Waals surface area contributed by atoms with Crippen molar-refractivity contribution in [2.24, 2.45) is 4.99 Å². The van der Waals surface area contributed by atoms with Gasteiger partial charge in [0.25, 0.3) is 0 Å². The third-order valence-electron chi connectivity index (χ3n) is 1.08. The van der Waals surface area contributed by atoms with E-state index in [1.165, 1.54) is 12.3 Å². The van der Waals surface area contributed by atoms with Gasteiger partial charge in [-0.15, -0.1) is 0 Å². The first-order valence-corrected chi connectivity index (χ1v) is 5.30. The van der Waals surface area contributed by atoms with Gasteiger partial charge in [0.15, 0.2) is 9.84 Å². The Morgan fingerprint density at radius 3 is 2.17 bits per heavy atom. The van der Waals surface area contributed by atoms with Crippen molar-refractivity contribution in [1.29, 1.82) is 0 Å². The molecule has 3 nitrogen and oxygen atoms in total. The molecule has 0 aromatic rings. The molecule has 0 amide bonds. The fourth-order valence-electron chi connectivity index (χ4n) is 0.493. The van der Waals surface area contributed by atoms with Crippen LogP contribution < -0.4 is 0 Å². The van der Waals surface area contributed by atoms with E-state index in [-0.39, 0.29) is 4.91 Å². The SMILES string of the molecule is C=C/C(=C\N=C(C)C)S(C)(=O)=O. The van der Waals surface area contributed by atoms with Crippen molar-refractivity contribution in [2.75, 3.05) is 6.26 Å². The smallest absolute Gasteiger partial charge is 0.177 e. The standard InChI is InChI=1S/C8H13NO2S/c1-5-8(12(4,10)11)6-9-7(2)3/h5-6H,1H2,2-4H3/b8-6+. The van der Waals surface area contributed by atoms with Gasteiger partial charge in [0, 0.05) is 18.2 Å². The second-order valence-corrected chi connectivity index (χ2v) is 4.60. The van der Waals surface area contributed by atoms with Gasteiger partial charge in [-0.2, -0.15) is 0 Å². The number of rotatable bonds is 3. The van der Waals surface area contributed by atoms with Gasteiger partial charge in [0.05, 0.1) is 4.91 Å². The van der Waals surface area contributed by atoms with Crippen LogP contribution in [0.1, 0.15) is 13.8 Å². The third-order valence-corrected chi connectivity index (χ3v) is 2.21. The quantitative estimate of drug-likeness (QED) is 0.497. The molecule has 0 saturated heterocycles. The van der Waals surface area contributed by atoms with Crippen molar-refractivity contribution < 1.29 is 8.42 Å². The molecule has 4 heteroatoms. The maximum Gasteiger partial charge on any atom is 0.177 e. The Morgan fingerprint density at radius 1 is 1.42 bits per heavy atom. The number of aliphatic imine (C=N–C) groups is 1. The lowest BCUT2D eigenvalue weighted by Crippen LogP contribution is -1.97. The maximum atomic E-state index is 11.0. The van der Waals surface area contributed by atoms with E-state index in [1.54, 1.807) is 13.8 Å². The minimum absolute atomic E-state index is 0.142. The van der Waals surface area contributed by atoms with Gasteiger partial charge in [-0.1, -0.05) is 6.58 Å². The van der Waals surface area contributed by atoms with E-state index in [4.69, 9.17) is 0 Å². The van der Waals surface area contributed by atoms with Gasteiger partial charge in [-0.05, 0) is 19.9 Å². The molecule has 0 saturated carbocycles. The second kappa shape index (κ2) is 4.21. The molecule has 0 N–H and O–H groups in total. The number of hydrogen-bond acceptors (Lipinski definition) is 3. The molecular weight excluding hydrogens is 174 g/mol. The first-order chi connectivity index (χ1) is 5.38. The molecule has 0 aromatic carbocycles. The summed E-state index contributed by atoms with van der Waals surface area (Å²) in [6, 6.07) is 0. The molecule has 0 aliphatic rings. The molecule has 68 valence electrons. The molecular formula is C8H13NO2S. The monoisotopic (exact) mass is 187 g/mol. The fraction of sp³-hybridized carbons (Fsp3) is 0.375. The normalized spacial score (nSPS) is 12.4. The van der Waals surface area contributed by atoms with Crippen molar-refractivity contribution in [2.45, 2.75) is 13.8 Å². The minimum atomic E-state index is -3.17. The average Bonchev–Trinajstić information content (AvgIpc) is 1.85. The van der Waals surface area contributed by atoms with Crippen LogP contribution in [0.15, 0.2) is 28.8 Å². The van der Waals surface area contributed by atoms with E-state index >= 15 is 0 Å². The van der Waals surface area contributed by atoms with E-state index in [0.29, 0.717) is 0 Å². The van der Waals surface area contributed by atoms with Gasteiger partial charge in [-0.3, -0.25) is 4.99 Å². The van der Waals surface area contributed by atoms with Crippen LogP contribution in [0.25, 0.3) is 0 Å². The predicted octanol–water partition coefficient (Wildman–Crippen LogP) is 1.54. The molecule has 0 aromatic heterocycles. The van der Waals surface area contributed by atoms with Gasteiger partial charge in [-0.25, -0.2) is 8.42 Å². The molecule has 0 fully saturated rings. The van der Waals surface area contributed by atoms with Crippen LogP contribution in [0.3, 0.4) is 0 Å². The Hall–Kier alpha value is -0.900. The Kier molecular flexibility index (Phi) is 3.89. The van der Waals surface area contributed by atoms with Crippen LogP contribution in [0.5, 0.6) is 0 Å². The zero-order valence-electron chi connectivity index (χ0n) is 7.53. The molecule has 0 aliphatic heterocycles. The third kappa shape index (κ3) is 4.08. The van der Waals surface area contributed by atoms with Crippen LogP contribution >= 0.6 is 0 Å². The van der Waals surface area contributed by atoms with Gasteiger partial charge < -0.3 is 0 Å². The molecule has 12 heavy (non-hydrogen) atoms. The zero-order valence-corrected chi connectivity index (χ0v) is 8.35. The molecule has 0 heterocycles. The lowest BCUT2D eigenvalue weighted by atomic mass is 10.5. The highest BCUT2D eigenvalue weighted by Crippen LogP contribution is 2.05. The Morgan fingerprint density at radius 2 is 1.92 bits per heavy atom. The number of allylic oxidation sites excluding steroid dienone is 1. The topological polar surface area (TPSA) is 46.5 Å². The van der Waals surface area contributed by atoms with Crippen molar-refractivity contribution >= 4 is 15.5 Å². The maximum absolute atomic E-state index is 11.0. The first-order valence-electron chi connectivity index (χ1n) is 3.41. The highest BCUT2D eigenvalue weighted by molar-refractivity contribution is 7.94. The van der Waals surface area contributed by atoms with Gasteiger partial charge in [0.1, 0.15) is 0 Å². The summed E-state index contributed by atoms with van der Waals surface area (Å²) in [5.41, 5.74) is 0.804. The van der Waals surface area contributed by atoms with Crippen molar-refractivity contribution in [1.82, 2.24) is 0 Å². The molecule has 0 unspecified atom stereocenters. The summed E-state index contributed by atoms with van der Waals surface area (Å²) in [7, 11) is -3.17. The molecule has 0 rings (SSSR count). The number of nitrogens with zero attached hydrogens (tertiary/aromatic N) is 1. The number of sulfone groups is 1. The summed E-state index contributed by atoms with van der Waals surface area (Å²) in [6.45, 7) is 6.97. The molecule has 0 radical (unpaired) electrons. The fourth-order valence-corrected chi connectivity index (χ4v) is 1.04. The van der Waals surface area contributed by atoms with Gasteiger partial charge >= 0.3 is 0 Å². The van der Waals surface area contributed by atoms with Crippen LogP contribution in [0.4, 0.5) is 0 Å². The molecule has 0 bridgehead atoms. The minimum Gasteiger partial charge on any atom is -0.265 e. The lowest BCUT2D eigenvalue weighted by Gasteiger charge is -1.94. The largest absolute Gasteiger partial charge is 0.265 e. The summed E-state index contributed by atoms with van der Waals surface area (Å²) in [4.78, 5) is 4.01. The van der Waals surface area contributed by atoms with Crippen LogP contribution in [-0.2, 0) is 9.84 Å². The Labute approximate surface area is 73.4 Å². The molecule has 0 aliphatic carbocycles. The van der Waals surface area contributed by atoms with E-state index < -0.39 is 9.84 Å². The summed E-state index contributed by atoms with van der Waals surface area (Å²) in [6.07, 6.45) is 3.71. The van der Waals surface area contributed by atoms with Crippen LogP contribution in [0.2, 0.25) is 0 Å². The van der Waals surface area contributed by atoms with E-state index in [0.717, 1.165) is 12.0 Å². The van der Waals surface area contributed by atoms with Crippen molar-refractivity contribution in [3.8, 4) is 0 Å². The summed E-state index contributed by atoms with van der Waals surface area (Å²) in [5, 5.41) is 0. The van der Waals surface area contributed by atoms with Crippen LogP contribution in [0, 0.1) is 0 Å². The highest BCUT2D eigenvalue weighted by Gasteiger charge is 2.05. The molecule has 0 spiro atoms. The molecule has 0 atom stereocenters. The van der Waals surface area contributed by atoms with Crippen LogP contribution in [-0.4, -0.2) is 20.4 Å². The van der Waals surface area contributed by atoms with Crippen molar-refractivity contribution in [3.63, 3.8) is 0 Å². The first kappa shape index (κ1) is 11.1. The average molecular weight is 187 g/mol. The van der Waals surface area contributed by atoms with Crippen molar-refractivity contribution in [3.05, 3.63) is 23.8 Å². The van der Waals surface area contributed by atoms with E-state index in [9.17, 15) is 8.42 Å². The second-order valence-electron chi connectivity index (χ2n) is 2.58. The predicted molar refractivity (Wildman–Crippen MR) is 51.9 cm³/mol. The summed E-state index contributed by atoms with van der Waals surface area (Å²) < 4.78 is 21.9. The summed E-state index contributed by atoms with van der Waals surface area (Å²) >= 11 is 0. The lowest BCUT2D eigenvalue weighted by molar-refractivity contribution is 0.608. The Balaban J connectivity index is 4.95. The zero-order chi connectivity index (χ0) is 9.78. The van der Waals surface area contributed by atoms with E-state index in [1.807, 2.05) is 0 Å². The highest BCUT2D eigenvalue weighted by atomic mass is 32.2. The van der Waals surface area contributed by atoms with Gasteiger partial charge in [0.2, 0.25) is 0 Å². The summed E-state index contributed by atoms with van der Waals surface area (Å²) in [5.74, 6) is 0. The van der Waals surface area contributed by atoms with E-state index in [2.05, 4.69) is 11.6 Å².